The Morgan fingerprint density at radius 2 is 1.31 bits per heavy atom. The van der Waals surface area contributed by atoms with Gasteiger partial charge in [-0.3, -0.25) is 4.79 Å². The van der Waals surface area contributed by atoms with Gasteiger partial charge in [0, 0.05) is 11.8 Å². The number of carbonyl (C=O) groups is 4. The number of ether oxygens (including phenoxy) is 6. The van der Waals surface area contributed by atoms with Crippen LogP contribution in [0.15, 0.2) is 18.2 Å². The Morgan fingerprint density at radius 1 is 0.810 bits per heavy atom. The molecule has 0 aromatic heterocycles. The molecule has 0 radical (unpaired) electrons. The van der Waals surface area contributed by atoms with Gasteiger partial charge in [-0.2, -0.15) is 0 Å². The summed E-state index contributed by atoms with van der Waals surface area (Å²) in [5.74, 6) is -2.67. The van der Waals surface area contributed by atoms with E-state index in [1.165, 1.54) is 18.2 Å². The van der Waals surface area contributed by atoms with E-state index in [1.807, 2.05) is 27.7 Å². The Morgan fingerprint density at radius 3 is 1.76 bits per heavy atom. The molecule has 0 aliphatic heterocycles. The molecule has 42 heavy (non-hydrogen) atoms. The molecule has 0 amide bonds. The normalized spacial score (nSPS) is 14.4. The number of benzene rings is 1. The van der Waals surface area contributed by atoms with Gasteiger partial charge in [0.15, 0.2) is 11.5 Å². The summed E-state index contributed by atoms with van der Waals surface area (Å²) in [5.41, 5.74) is 5.63. The smallest absolute Gasteiger partial charge is 0.480 e. The third-order valence-electron chi connectivity index (χ3n) is 6.22. The van der Waals surface area contributed by atoms with Crippen molar-refractivity contribution in [2.24, 2.45) is 23.5 Å². The number of carboxylic acid groups (broad SMARTS) is 1. The second kappa shape index (κ2) is 16.8. The average molecular weight is 598 g/mol. The van der Waals surface area contributed by atoms with Crippen LogP contribution in [0.1, 0.15) is 86.6 Å². The Labute approximate surface area is 248 Å². The molecular formula is C30H47NO11. The van der Waals surface area contributed by atoms with E-state index in [-0.39, 0.29) is 30.6 Å². The first kappa shape index (κ1) is 36.5. The maximum atomic E-state index is 12.5. The van der Waals surface area contributed by atoms with Gasteiger partial charge in [-0.15, -0.1) is 0 Å². The van der Waals surface area contributed by atoms with Crippen molar-refractivity contribution < 1.29 is 52.7 Å². The third kappa shape index (κ3) is 13.4. The molecule has 1 aromatic rings. The maximum absolute atomic E-state index is 12.5. The van der Waals surface area contributed by atoms with E-state index in [2.05, 4.69) is 0 Å². The molecule has 0 aliphatic rings. The predicted molar refractivity (Wildman–Crippen MR) is 154 cm³/mol. The summed E-state index contributed by atoms with van der Waals surface area (Å²) < 4.78 is 31.5. The Balaban J connectivity index is 3.37. The highest BCUT2D eigenvalue weighted by Gasteiger charge is 2.36. The summed E-state index contributed by atoms with van der Waals surface area (Å²) in [7, 11) is 0. The minimum absolute atomic E-state index is 0.104. The van der Waals surface area contributed by atoms with Crippen molar-refractivity contribution in [3.63, 3.8) is 0 Å². The van der Waals surface area contributed by atoms with Gasteiger partial charge in [-0.1, -0.05) is 40.7 Å². The Hall–Kier alpha value is -3.54. The van der Waals surface area contributed by atoms with Crippen LogP contribution >= 0.6 is 0 Å². The Bertz CT molecular complexity index is 1050. The summed E-state index contributed by atoms with van der Waals surface area (Å²) in [5, 5.41) is 9.78. The number of hydrogen-bond donors (Lipinski definition) is 2. The second-order valence-corrected chi connectivity index (χ2v) is 12.0. The fraction of sp³-hybridized carbons (Fsp3) is 0.667. The van der Waals surface area contributed by atoms with E-state index < -0.39 is 54.0 Å². The first-order valence-corrected chi connectivity index (χ1v) is 14.1. The van der Waals surface area contributed by atoms with Crippen molar-refractivity contribution in [2.45, 2.75) is 98.8 Å². The molecule has 1 aromatic carbocycles. The molecule has 0 spiro atoms. The average Bonchev–Trinajstić information content (AvgIpc) is 2.83. The molecule has 0 heterocycles. The zero-order valence-electron chi connectivity index (χ0n) is 26.1. The SMILES string of the molecule is CC(C)CCOC(=O)Oc1ccc(C(C(C)C(C)OC(=O)OC(C)(C)C)[C@H](N)C(=O)O)cc1OC(=O)OCCC(C)C. The van der Waals surface area contributed by atoms with Crippen molar-refractivity contribution >= 4 is 24.4 Å². The number of hydrogen-bond acceptors (Lipinski definition) is 11. The molecule has 3 unspecified atom stereocenters. The van der Waals surface area contributed by atoms with Crippen LogP contribution in [0.25, 0.3) is 0 Å². The minimum Gasteiger partial charge on any atom is -0.480 e. The molecule has 238 valence electrons. The lowest BCUT2D eigenvalue weighted by Gasteiger charge is -2.32. The second-order valence-electron chi connectivity index (χ2n) is 12.0. The van der Waals surface area contributed by atoms with Crippen molar-refractivity contribution in [1.82, 2.24) is 0 Å². The molecule has 12 heteroatoms. The van der Waals surface area contributed by atoms with Gasteiger partial charge in [0.25, 0.3) is 0 Å². The van der Waals surface area contributed by atoms with Crippen LogP contribution in [-0.2, 0) is 23.7 Å². The molecule has 0 fully saturated rings. The van der Waals surface area contributed by atoms with E-state index in [0.717, 1.165) is 0 Å². The fourth-order valence-electron chi connectivity index (χ4n) is 3.71. The Kier molecular flexibility index (Phi) is 14.6. The molecule has 0 saturated heterocycles. The summed E-state index contributed by atoms with van der Waals surface area (Å²) in [6, 6.07) is 2.72. The molecule has 0 aliphatic carbocycles. The van der Waals surface area contributed by atoms with Gasteiger partial charge < -0.3 is 39.3 Å². The third-order valence-corrected chi connectivity index (χ3v) is 6.22. The maximum Gasteiger partial charge on any atom is 0.513 e. The van der Waals surface area contributed by atoms with Crippen LogP contribution in [-0.4, -0.2) is 60.5 Å². The molecule has 12 nitrogen and oxygen atoms in total. The zero-order valence-corrected chi connectivity index (χ0v) is 26.1. The first-order chi connectivity index (χ1) is 19.4. The summed E-state index contributed by atoms with van der Waals surface area (Å²) in [6.07, 6.45) is -2.57. The molecule has 4 atom stereocenters. The number of carboxylic acids is 1. The number of aliphatic carboxylic acids is 1. The molecule has 0 bridgehead atoms. The number of nitrogens with two attached hydrogens (primary N) is 1. The quantitative estimate of drug-likeness (QED) is 0.140. The fourth-order valence-corrected chi connectivity index (χ4v) is 3.71. The minimum atomic E-state index is -1.44. The van der Waals surface area contributed by atoms with Gasteiger partial charge in [-0.25, -0.2) is 14.4 Å². The molecule has 0 saturated carbocycles. The van der Waals surface area contributed by atoms with Crippen molar-refractivity contribution in [1.29, 1.82) is 0 Å². The molecule has 3 N–H and O–H groups in total. The number of rotatable bonds is 14. The van der Waals surface area contributed by atoms with Gasteiger partial charge in [0.05, 0.1) is 13.2 Å². The summed E-state index contributed by atoms with van der Waals surface area (Å²) >= 11 is 0. The van der Waals surface area contributed by atoms with E-state index >= 15 is 0 Å². The highest BCUT2D eigenvalue weighted by atomic mass is 16.7. The largest absolute Gasteiger partial charge is 0.513 e. The van der Waals surface area contributed by atoms with Crippen molar-refractivity contribution in [3.05, 3.63) is 23.8 Å². The van der Waals surface area contributed by atoms with E-state index in [4.69, 9.17) is 34.2 Å². The first-order valence-electron chi connectivity index (χ1n) is 14.1. The predicted octanol–water partition coefficient (Wildman–Crippen LogP) is 6.28. The van der Waals surface area contributed by atoms with Crippen LogP contribution in [0, 0.1) is 17.8 Å². The standard InChI is InChI=1S/C30H47NO11/c1-17(2)12-14-37-27(34)40-22-11-10-21(16-23(22)41-28(35)38-15-13-18(3)4)24(25(31)26(32)33)19(5)20(6)39-29(36)42-30(7,8)9/h10-11,16-20,24-25H,12-15,31H2,1-9H3,(H,32,33)/t19?,20?,24?,25-/m0/s1. The van der Waals surface area contributed by atoms with Gasteiger partial charge in [0.2, 0.25) is 0 Å². The molecular weight excluding hydrogens is 550 g/mol. The summed E-state index contributed by atoms with van der Waals surface area (Å²) in [4.78, 5) is 49.1. The monoisotopic (exact) mass is 597 g/mol. The molecule has 1 rings (SSSR count). The highest BCUT2D eigenvalue weighted by Crippen LogP contribution is 2.37. The van der Waals surface area contributed by atoms with E-state index in [0.29, 0.717) is 24.3 Å². The van der Waals surface area contributed by atoms with E-state index in [9.17, 15) is 24.3 Å². The lowest BCUT2D eigenvalue weighted by atomic mass is 9.79. The van der Waals surface area contributed by atoms with Gasteiger partial charge >= 0.3 is 24.4 Å². The van der Waals surface area contributed by atoms with Crippen molar-refractivity contribution in [3.8, 4) is 11.5 Å². The lowest BCUT2D eigenvalue weighted by Crippen LogP contribution is -2.43. The van der Waals surface area contributed by atoms with Crippen LogP contribution in [0.3, 0.4) is 0 Å². The van der Waals surface area contributed by atoms with Crippen LogP contribution < -0.4 is 15.2 Å². The van der Waals surface area contributed by atoms with Crippen molar-refractivity contribution in [2.75, 3.05) is 13.2 Å². The highest BCUT2D eigenvalue weighted by molar-refractivity contribution is 5.75. The number of carbonyl (C=O) groups excluding carboxylic acids is 3. The van der Waals surface area contributed by atoms with Crippen LogP contribution in [0.4, 0.5) is 14.4 Å². The summed E-state index contributed by atoms with van der Waals surface area (Å²) in [6.45, 7) is 16.4. The van der Waals surface area contributed by atoms with Crippen LogP contribution in [0.2, 0.25) is 0 Å². The van der Waals surface area contributed by atoms with Gasteiger partial charge in [-0.05, 0) is 70.1 Å². The topological polar surface area (TPSA) is 170 Å². The lowest BCUT2D eigenvalue weighted by molar-refractivity contribution is -0.139. The van der Waals surface area contributed by atoms with E-state index in [1.54, 1.807) is 34.6 Å². The van der Waals surface area contributed by atoms with Crippen LogP contribution in [0.5, 0.6) is 11.5 Å². The zero-order chi connectivity index (χ0) is 32.2. The van der Waals surface area contributed by atoms with Gasteiger partial charge in [0.1, 0.15) is 17.7 Å².